The van der Waals surface area contributed by atoms with E-state index in [2.05, 4.69) is 10.6 Å². The number of hydrogen-bond acceptors (Lipinski definition) is 5. The molecule has 0 aliphatic carbocycles. The highest BCUT2D eigenvalue weighted by molar-refractivity contribution is 5.98. The molecule has 0 aromatic heterocycles. The summed E-state index contributed by atoms with van der Waals surface area (Å²) in [6, 6.07) is -0.880. The Balaban J connectivity index is 1.94. The zero-order valence-corrected chi connectivity index (χ0v) is 15.7. The van der Waals surface area contributed by atoms with Crippen molar-refractivity contribution < 1.29 is 24.2 Å². The molecule has 3 amide bonds. The molecular formula is C18H29N3O5. The molecule has 3 saturated heterocycles. The molecule has 8 heteroatoms. The van der Waals surface area contributed by atoms with Crippen LogP contribution in [0.5, 0.6) is 0 Å². The number of carbonyl (C=O) groups excluding carboxylic acids is 3. The molecule has 3 heterocycles. The van der Waals surface area contributed by atoms with E-state index in [1.54, 1.807) is 0 Å². The lowest BCUT2D eigenvalue weighted by molar-refractivity contribution is -0.142. The Morgan fingerprint density at radius 1 is 1.38 bits per heavy atom. The maximum atomic E-state index is 13.1. The van der Waals surface area contributed by atoms with Gasteiger partial charge in [0.05, 0.1) is 24.5 Å². The van der Waals surface area contributed by atoms with Gasteiger partial charge in [-0.05, 0) is 33.1 Å². The number of aliphatic hydroxyl groups is 1. The van der Waals surface area contributed by atoms with Gasteiger partial charge in [0.15, 0.2) is 0 Å². The van der Waals surface area contributed by atoms with Gasteiger partial charge in [-0.2, -0.15) is 0 Å². The summed E-state index contributed by atoms with van der Waals surface area (Å²) in [6.07, 6.45) is 1.71. The Bertz CT molecular complexity index is 595. The lowest BCUT2D eigenvalue weighted by Gasteiger charge is -2.33. The van der Waals surface area contributed by atoms with Gasteiger partial charge in [0, 0.05) is 19.1 Å². The van der Waals surface area contributed by atoms with E-state index in [0.29, 0.717) is 19.4 Å². The monoisotopic (exact) mass is 367 g/mol. The van der Waals surface area contributed by atoms with Gasteiger partial charge in [0.1, 0.15) is 11.6 Å². The highest BCUT2D eigenvalue weighted by Crippen LogP contribution is 2.58. The third-order valence-corrected chi connectivity index (χ3v) is 5.67. The van der Waals surface area contributed by atoms with E-state index in [0.717, 1.165) is 6.42 Å². The number of aliphatic hydroxyl groups excluding tert-OH is 1. The number of carbonyl (C=O) groups is 3. The number of hydrogen-bond donors (Lipinski definition) is 3. The first-order chi connectivity index (χ1) is 12.4. The molecule has 26 heavy (non-hydrogen) atoms. The highest BCUT2D eigenvalue weighted by Gasteiger charge is 2.74. The van der Waals surface area contributed by atoms with E-state index in [1.165, 1.54) is 4.90 Å². The van der Waals surface area contributed by atoms with Crippen molar-refractivity contribution >= 4 is 17.7 Å². The summed E-state index contributed by atoms with van der Waals surface area (Å²) in [5, 5.41) is 15.1. The Morgan fingerprint density at radius 3 is 2.73 bits per heavy atom. The predicted octanol–water partition coefficient (Wildman–Crippen LogP) is -0.596. The van der Waals surface area contributed by atoms with E-state index >= 15 is 0 Å². The third kappa shape index (κ3) is 2.79. The molecule has 0 aromatic rings. The molecule has 1 spiro atoms. The van der Waals surface area contributed by atoms with Crippen molar-refractivity contribution in [2.24, 2.45) is 11.8 Å². The van der Waals surface area contributed by atoms with E-state index in [1.807, 2.05) is 20.8 Å². The van der Waals surface area contributed by atoms with Crippen molar-refractivity contribution in [3.8, 4) is 0 Å². The Hall–Kier alpha value is -1.67. The second-order valence-corrected chi connectivity index (χ2v) is 7.77. The Kier molecular flexibility index (Phi) is 5.25. The SMILES string of the molecule is CCCNC(=O)[C@@H]1[C@H]2C(=O)N(CCO)C(C(=O)NC(C)C)C23CC[C@H]1O3. The molecule has 5 atom stereocenters. The normalized spacial score (nSPS) is 35.1. The second kappa shape index (κ2) is 7.15. The average Bonchev–Trinajstić information content (AvgIpc) is 3.20. The van der Waals surface area contributed by atoms with Crippen molar-refractivity contribution in [3.05, 3.63) is 0 Å². The lowest BCUT2D eigenvalue weighted by atomic mass is 9.70. The first kappa shape index (κ1) is 19.1. The van der Waals surface area contributed by atoms with Crippen LogP contribution < -0.4 is 10.6 Å². The number of likely N-dealkylation sites (tertiary alicyclic amines) is 1. The third-order valence-electron chi connectivity index (χ3n) is 5.67. The molecule has 3 N–H and O–H groups in total. The molecule has 3 rings (SSSR count). The Morgan fingerprint density at radius 2 is 2.12 bits per heavy atom. The van der Waals surface area contributed by atoms with Crippen molar-refractivity contribution in [3.63, 3.8) is 0 Å². The summed E-state index contributed by atoms with van der Waals surface area (Å²) in [5.41, 5.74) is -0.968. The van der Waals surface area contributed by atoms with Crippen molar-refractivity contribution in [2.75, 3.05) is 19.7 Å². The molecule has 146 valence electrons. The second-order valence-electron chi connectivity index (χ2n) is 7.77. The topological polar surface area (TPSA) is 108 Å². The number of nitrogens with one attached hydrogen (secondary N) is 2. The maximum absolute atomic E-state index is 13.1. The minimum absolute atomic E-state index is 0.0601. The van der Waals surface area contributed by atoms with Crippen LogP contribution >= 0.6 is 0 Å². The van der Waals surface area contributed by atoms with Gasteiger partial charge in [-0.25, -0.2) is 0 Å². The summed E-state index contributed by atoms with van der Waals surface area (Å²) in [5.74, 6) is -1.94. The summed E-state index contributed by atoms with van der Waals surface area (Å²) in [6.45, 7) is 6.05. The van der Waals surface area contributed by atoms with Crippen molar-refractivity contribution in [1.82, 2.24) is 15.5 Å². The van der Waals surface area contributed by atoms with Crippen LogP contribution in [-0.2, 0) is 19.1 Å². The van der Waals surface area contributed by atoms with Gasteiger partial charge >= 0.3 is 0 Å². The van der Waals surface area contributed by atoms with Gasteiger partial charge in [0.25, 0.3) is 0 Å². The average molecular weight is 367 g/mol. The molecule has 3 fully saturated rings. The minimum Gasteiger partial charge on any atom is -0.395 e. The van der Waals surface area contributed by atoms with Crippen molar-refractivity contribution in [1.29, 1.82) is 0 Å². The number of ether oxygens (including phenoxy) is 1. The highest BCUT2D eigenvalue weighted by atomic mass is 16.5. The van der Waals surface area contributed by atoms with Gasteiger partial charge in [0.2, 0.25) is 17.7 Å². The van der Waals surface area contributed by atoms with Gasteiger partial charge in [-0.1, -0.05) is 6.92 Å². The Labute approximate surface area is 153 Å². The largest absolute Gasteiger partial charge is 0.395 e. The quantitative estimate of drug-likeness (QED) is 0.557. The molecule has 3 aliphatic heterocycles. The van der Waals surface area contributed by atoms with E-state index in [-0.39, 0.29) is 43.0 Å². The number of β-amino-alcohol motifs (C(OH)–C–C–N with tert-alkyl or cyclic N) is 1. The maximum Gasteiger partial charge on any atom is 0.246 e. The van der Waals surface area contributed by atoms with E-state index in [4.69, 9.17) is 4.74 Å². The molecule has 2 unspecified atom stereocenters. The first-order valence-corrected chi connectivity index (χ1v) is 9.54. The number of fused-ring (bicyclic) bond motifs is 1. The van der Waals surface area contributed by atoms with Gasteiger partial charge in [-0.3, -0.25) is 14.4 Å². The number of amides is 3. The van der Waals surface area contributed by atoms with Crippen LogP contribution in [0.3, 0.4) is 0 Å². The fraction of sp³-hybridized carbons (Fsp3) is 0.833. The van der Waals surface area contributed by atoms with E-state index < -0.39 is 23.5 Å². The van der Waals surface area contributed by atoms with Crippen LogP contribution in [0.15, 0.2) is 0 Å². The van der Waals surface area contributed by atoms with Crippen LogP contribution in [-0.4, -0.2) is 71.2 Å². The van der Waals surface area contributed by atoms with Crippen LogP contribution in [0.1, 0.15) is 40.0 Å². The van der Waals surface area contributed by atoms with Crippen LogP contribution in [0.25, 0.3) is 0 Å². The molecular weight excluding hydrogens is 338 g/mol. The molecule has 0 radical (unpaired) electrons. The van der Waals surface area contributed by atoms with Gasteiger partial charge < -0.3 is 25.4 Å². The zero-order chi connectivity index (χ0) is 19.1. The number of nitrogens with zero attached hydrogens (tertiary/aromatic N) is 1. The first-order valence-electron chi connectivity index (χ1n) is 9.54. The predicted molar refractivity (Wildman–Crippen MR) is 93.0 cm³/mol. The minimum atomic E-state index is -0.968. The molecule has 0 aromatic carbocycles. The smallest absolute Gasteiger partial charge is 0.246 e. The van der Waals surface area contributed by atoms with Gasteiger partial charge in [-0.15, -0.1) is 0 Å². The van der Waals surface area contributed by atoms with Crippen LogP contribution in [0.4, 0.5) is 0 Å². The molecule has 3 aliphatic rings. The summed E-state index contributed by atoms with van der Waals surface area (Å²) in [7, 11) is 0. The zero-order valence-electron chi connectivity index (χ0n) is 15.7. The molecule has 8 nitrogen and oxygen atoms in total. The van der Waals surface area contributed by atoms with Crippen LogP contribution in [0, 0.1) is 11.8 Å². The standard InChI is InChI=1S/C18H29N3O5/c1-4-7-19-15(23)12-11-5-6-18(26-11)13(12)17(25)21(8-9-22)14(18)16(24)20-10(2)3/h10-14,22H,4-9H2,1-3H3,(H,19,23)(H,20,24)/t11-,12+,13+,14?,18?/m1/s1. The van der Waals surface area contributed by atoms with Crippen molar-refractivity contribution in [2.45, 2.75) is 63.8 Å². The van der Waals surface area contributed by atoms with E-state index in [9.17, 15) is 19.5 Å². The fourth-order valence-electron chi connectivity index (χ4n) is 4.83. The molecule has 0 saturated carbocycles. The number of rotatable bonds is 7. The fourth-order valence-corrected chi connectivity index (χ4v) is 4.83. The summed E-state index contributed by atoms with van der Waals surface area (Å²) >= 11 is 0. The molecule has 2 bridgehead atoms. The summed E-state index contributed by atoms with van der Waals surface area (Å²) < 4.78 is 6.19. The van der Waals surface area contributed by atoms with Crippen LogP contribution in [0.2, 0.25) is 0 Å². The lowest BCUT2D eigenvalue weighted by Crippen LogP contribution is -2.56. The summed E-state index contributed by atoms with van der Waals surface area (Å²) in [4.78, 5) is 40.1.